The Kier molecular flexibility index (Phi) is 8.42. The Bertz CT molecular complexity index is 956. The molecule has 0 aliphatic carbocycles. The maximum atomic E-state index is 12.7. The van der Waals surface area contributed by atoms with Crippen LogP contribution in [-0.4, -0.2) is 53.4 Å². The molecule has 0 saturated carbocycles. The summed E-state index contributed by atoms with van der Waals surface area (Å²) in [4.78, 5) is 12.8. The summed E-state index contributed by atoms with van der Waals surface area (Å²) in [7, 11) is -3.64. The Labute approximate surface area is 182 Å². The molecule has 1 aliphatic heterocycles. The first-order valence-electron chi connectivity index (χ1n) is 10.3. The molecule has 0 radical (unpaired) electrons. The van der Waals surface area contributed by atoms with Crippen LogP contribution in [0.25, 0.3) is 0 Å². The molecule has 1 unspecified atom stereocenters. The number of para-hydroxylation sites is 1. The molecule has 1 amide bonds. The van der Waals surface area contributed by atoms with Gasteiger partial charge in [0.1, 0.15) is 12.4 Å². The van der Waals surface area contributed by atoms with Crippen molar-refractivity contribution in [2.45, 2.75) is 30.8 Å². The normalized spacial score (nSPS) is 16.2. The fourth-order valence-electron chi connectivity index (χ4n) is 3.14. The van der Waals surface area contributed by atoms with Crippen LogP contribution < -0.4 is 14.8 Å². The predicted octanol–water partition coefficient (Wildman–Crippen LogP) is 2.81. The van der Waals surface area contributed by atoms with Crippen LogP contribution in [0.1, 0.15) is 30.1 Å². The van der Waals surface area contributed by atoms with Crippen LogP contribution in [0.5, 0.6) is 5.75 Å². The summed E-state index contributed by atoms with van der Waals surface area (Å²) >= 11 is 0. The number of ether oxygens (including phenoxy) is 3. The van der Waals surface area contributed by atoms with Crippen molar-refractivity contribution in [2.24, 2.45) is 0 Å². The SMILES string of the molecule is CCOCCOc1ccccc1C(=O)Nc1ccc(S(=O)(=O)NCC2CCCO2)cc1. The van der Waals surface area contributed by atoms with Gasteiger partial charge in [-0.3, -0.25) is 4.79 Å². The number of rotatable bonds is 11. The van der Waals surface area contributed by atoms with Crippen molar-refractivity contribution in [3.63, 3.8) is 0 Å². The molecule has 2 N–H and O–H groups in total. The summed E-state index contributed by atoms with van der Waals surface area (Å²) < 4.78 is 43.8. The Morgan fingerprint density at radius 3 is 2.61 bits per heavy atom. The van der Waals surface area contributed by atoms with E-state index >= 15 is 0 Å². The van der Waals surface area contributed by atoms with E-state index in [4.69, 9.17) is 14.2 Å². The molecule has 168 valence electrons. The van der Waals surface area contributed by atoms with E-state index in [0.717, 1.165) is 12.8 Å². The molecule has 1 heterocycles. The average Bonchev–Trinajstić information content (AvgIpc) is 3.30. The first kappa shape index (κ1) is 23.2. The molecule has 3 rings (SSSR count). The number of anilines is 1. The quantitative estimate of drug-likeness (QED) is 0.513. The van der Waals surface area contributed by atoms with Crippen molar-refractivity contribution >= 4 is 21.6 Å². The van der Waals surface area contributed by atoms with Gasteiger partial charge in [0, 0.05) is 25.4 Å². The summed E-state index contributed by atoms with van der Waals surface area (Å²) in [5.41, 5.74) is 0.862. The van der Waals surface area contributed by atoms with Crippen LogP contribution in [0.15, 0.2) is 53.4 Å². The highest BCUT2D eigenvalue weighted by Gasteiger charge is 2.20. The molecule has 1 fully saturated rings. The van der Waals surface area contributed by atoms with Crippen molar-refractivity contribution < 1.29 is 27.4 Å². The number of hydrogen-bond donors (Lipinski definition) is 2. The van der Waals surface area contributed by atoms with Crippen molar-refractivity contribution in [1.29, 1.82) is 0 Å². The highest BCUT2D eigenvalue weighted by atomic mass is 32.2. The van der Waals surface area contributed by atoms with E-state index in [0.29, 0.717) is 43.4 Å². The fourth-order valence-corrected chi connectivity index (χ4v) is 4.21. The zero-order valence-corrected chi connectivity index (χ0v) is 18.3. The molecule has 9 heteroatoms. The van der Waals surface area contributed by atoms with Crippen LogP contribution in [0, 0.1) is 0 Å². The van der Waals surface area contributed by atoms with Gasteiger partial charge in [-0.1, -0.05) is 12.1 Å². The lowest BCUT2D eigenvalue weighted by atomic mass is 10.2. The zero-order chi connectivity index (χ0) is 22.1. The minimum atomic E-state index is -3.64. The van der Waals surface area contributed by atoms with Gasteiger partial charge in [-0.15, -0.1) is 0 Å². The highest BCUT2D eigenvalue weighted by Crippen LogP contribution is 2.21. The van der Waals surface area contributed by atoms with Gasteiger partial charge in [0.2, 0.25) is 10.0 Å². The van der Waals surface area contributed by atoms with Crippen molar-refractivity contribution in [3.8, 4) is 5.75 Å². The molecular weight excluding hydrogens is 420 g/mol. The third-order valence-corrected chi connectivity index (χ3v) is 6.21. The molecule has 2 aromatic carbocycles. The van der Waals surface area contributed by atoms with E-state index in [9.17, 15) is 13.2 Å². The van der Waals surface area contributed by atoms with Crippen molar-refractivity contribution in [3.05, 3.63) is 54.1 Å². The van der Waals surface area contributed by atoms with E-state index < -0.39 is 10.0 Å². The van der Waals surface area contributed by atoms with E-state index in [1.165, 1.54) is 12.1 Å². The van der Waals surface area contributed by atoms with Crippen molar-refractivity contribution in [1.82, 2.24) is 4.72 Å². The third-order valence-electron chi connectivity index (χ3n) is 4.77. The lowest BCUT2D eigenvalue weighted by Gasteiger charge is -2.13. The summed E-state index contributed by atoms with van der Waals surface area (Å²) in [6, 6.07) is 12.9. The smallest absolute Gasteiger partial charge is 0.259 e. The van der Waals surface area contributed by atoms with Gasteiger partial charge in [0.05, 0.1) is 23.2 Å². The first-order chi connectivity index (χ1) is 15.0. The first-order valence-corrected chi connectivity index (χ1v) is 11.8. The topological polar surface area (TPSA) is 103 Å². The number of amides is 1. The summed E-state index contributed by atoms with van der Waals surface area (Å²) in [6.45, 7) is 4.19. The zero-order valence-electron chi connectivity index (χ0n) is 17.5. The lowest BCUT2D eigenvalue weighted by molar-refractivity contribution is 0.0998. The lowest BCUT2D eigenvalue weighted by Crippen LogP contribution is -2.31. The van der Waals surface area contributed by atoms with Gasteiger partial charge in [0.25, 0.3) is 5.91 Å². The van der Waals surface area contributed by atoms with Gasteiger partial charge < -0.3 is 19.5 Å². The van der Waals surface area contributed by atoms with Crippen LogP contribution in [0.3, 0.4) is 0 Å². The molecule has 2 aromatic rings. The average molecular weight is 449 g/mol. The standard InChI is InChI=1S/C22H28N2O6S/c1-2-28-14-15-30-21-8-4-3-7-20(21)22(25)24-17-9-11-19(12-10-17)31(26,27)23-16-18-6-5-13-29-18/h3-4,7-12,18,23H,2,5-6,13-16H2,1H3,(H,24,25). The molecule has 0 bridgehead atoms. The number of sulfonamides is 1. The minimum absolute atomic E-state index is 0.0795. The summed E-state index contributed by atoms with van der Waals surface area (Å²) in [6.07, 6.45) is 1.72. The molecular formula is C22H28N2O6S. The fraction of sp³-hybridized carbons (Fsp3) is 0.409. The van der Waals surface area contributed by atoms with Gasteiger partial charge >= 0.3 is 0 Å². The second kappa shape index (κ2) is 11.2. The predicted molar refractivity (Wildman–Crippen MR) is 117 cm³/mol. The van der Waals surface area contributed by atoms with E-state index in [1.807, 2.05) is 6.92 Å². The molecule has 0 aromatic heterocycles. The number of carbonyl (C=O) groups is 1. The minimum Gasteiger partial charge on any atom is -0.490 e. The number of carbonyl (C=O) groups excluding carboxylic acids is 1. The molecule has 1 aliphatic rings. The van der Waals surface area contributed by atoms with Crippen LogP contribution in [0.2, 0.25) is 0 Å². The van der Waals surface area contributed by atoms with Crippen LogP contribution in [-0.2, 0) is 19.5 Å². The Morgan fingerprint density at radius 2 is 1.90 bits per heavy atom. The molecule has 1 atom stereocenters. The maximum Gasteiger partial charge on any atom is 0.259 e. The summed E-state index contributed by atoms with van der Waals surface area (Å²) in [5, 5.41) is 2.77. The second-order valence-electron chi connectivity index (χ2n) is 7.01. The molecule has 8 nitrogen and oxygen atoms in total. The van der Waals surface area contributed by atoms with Gasteiger partial charge in [-0.2, -0.15) is 0 Å². The number of benzene rings is 2. The van der Waals surface area contributed by atoms with Crippen molar-refractivity contribution in [2.75, 3.05) is 38.3 Å². The van der Waals surface area contributed by atoms with E-state index in [1.54, 1.807) is 36.4 Å². The Morgan fingerprint density at radius 1 is 1.13 bits per heavy atom. The monoisotopic (exact) mass is 448 g/mol. The van der Waals surface area contributed by atoms with Crippen LogP contribution >= 0.6 is 0 Å². The third kappa shape index (κ3) is 6.76. The second-order valence-corrected chi connectivity index (χ2v) is 8.77. The van der Waals surface area contributed by atoms with Crippen LogP contribution in [0.4, 0.5) is 5.69 Å². The van der Waals surface area contributed by atoms with Gasteiger partial charge in [0.15, 0.2) is 0 Å². The van der Waals surface area contributed by atoms with E-state index in [-0.39, 0.29) is 23.5 Å². The largest absolute Gasteiger partial charge is 0.490 e. The number of hydrogen-bond acceptors (Lipinski definition) is 6. The Hall–Kier alpha value is -2.46. The van der Waals surface area contributed by atoms with Gasteiger partial charge in [-0.25, -0.2) is 13.1 Å². The summed E-state index contributed by atoms with van der Waals surface area (Å²) in [5.74, 6) is 0.108. The number of nitrogens with one attached hydrogen (secondary N) is 2. The maximum absolute atomic E-state index is 12.7. The Balaban J connectivity index is 1.60. The molecule has 31 heavy (non-hydrogen) atoms. The molecule has 0 spiro atoms. The van der Waals surface area contributed by atoms with E-state index in [2.05, 4.69) is 10.0 Å². The highest BCUT2D eigenvalue weighted by molar-refractivity contribution is 7.89. The van der Waals surface area contributed by atoms with Gasteiger partial charge in [-0.05, 0) is 56.2 Å². The molecule has 1 saturated heterocycles.